The van der Waals surface area contributed by atoms with Crippen LogP contribution in [0.1, 0.15) is 6.92 Å². The summed E-state index contributed by atoms with van der Waals surface area (Å²) in [5, 5.41) is 8.68. The zero-order chi connectivity index (χ0) is 6.41. The van der Waals surface area contributed by atoms with Crippen molar-refractivity contribution in [2.75, 3.05) is 0 Å². The molecule has 0 aliphatic rings. The van der Waals surface area contributed by atoms with E-state index in [2.05, 4.69) is 6.58 Å². The second-order valence-corrected chi connectivity index (χ2v) is 3.88. The molecule has 1 unspecified atom stereocenters. The molecular formula is C6H10OTe. The van der Waals surface area contributed by atoms with Crippen LogP contribution in [0.3, 0.4) is 0 Å². The van der Waals surface area contributed by atoms with Gasteiger partial charge in [-0.15, -0.1) is 0 Å². The van der Waals surface area contributed by atoms with Crippen molar-refractivity contribution in [1.29, 1.82) is 0 Å². The van der Waals surface area contributed by atoms with Crippen LogP contribution in [0.5, 0.6) is 0 Å². The predicted octanol–water partition coefficient (Wildman–Crippen LogP) is 0.729. The fourth-order valence-electron chi connectivity index (χ4n) is 0.215. The van der Waals surface area contributed by atoms with Crippen molar-refractivity contribution in [1.82, 2.24) is 0 Å². The van der Waals surface area contributed by atoms with Crippen LogP contribution in [0.4, 0.5) is 0 Å². The van der Waals surface area contributed by atoms with Crippen molar-refractivity contribution < 1.29 is 5.11 Å². The maximum atomic E-state index is 8.68. The molecular weight excluding hydrogens is 216 g/mol. The van der Waals surface area contributed by atoms with Gasteiger partial charge in [0.2, 0.25) is 0 Å². The Kier molecular flexibility index (Phi) is 5.52. The van der Waals surface area contributed by atoms with Gasteiger partial charge >= 0.3 is 60.0 Å². The summed E-state index contributed by atoms with van der Waals surface area (Å²) in [6.07, 6.45) is 1.50. The maximum absolute atomic E-state index is 8.68. The molecule has 0 spiro atoms. The van der Waals surface area contributed by atoms with Crippen molar-refractivity contribution in [3.8, 4) is 0 Å². The number of aliphatic hydroxyl groups excluding tert-OH is 1. The van der Waals surface area contributed by atoms with Crippen molar-refractivity contribution >= 4 is 20.9 Å². The van der Waals surface area contributed by atoms with Crippen LogP contribution < -0.4 is 0 Å². The Balaban J connectivity index is 3.19. The molecule has 0 aromatic rings. The molecule has 1 atom stereocenters. The Labute approximate surface area is 60.2 Å². The van der Waals surface area contributed by atoms with E-state index >= 15 is 0 Å². The van der Waals surface area contributed by atoms with Gasteiger partial charge in [0.25, 0.3) is 0 Å². The molecule has 2 heteroatoms. The third-order valence-corrected chi connectivity index (χ3v) is 1.98. The van der Waals surface area contributed by atoms with Crippen molar-refractivity contribution in [2.24, 2.45) is 0 Å². The zero-order valence-corrected chi connectivity index (χ0v) is 7.20. The summed E-state index contributed by atoms with van der Waals surface area (Å²) in [5.74, 6) is 0. The van der Waals surface area contributed by atoms with Crippen LogP contribution in [0.25, 0.3) is 0 Å². The molecule has 46 valence electrons. The Bertz CT molecular complexity index is 86.5. The number of rotatable bonds is 3. The average molecular weight is 226 g/mol. The van der Waals surface area contributed by atoms with Gasteiger partial charge in [-0.05, 0) is 0 Å². The normalized spacial score (nSPS) is 14.2. The van der Waals surface area contributed by atoms with Crippen LogP contribution in [0.2, 0.25) is 0 Å². The first-order valence-electron chi connectivity index (χ1n) is 2.38. The van der Waals surface area contributed by atoms with Crippen molar-refractivity contribution in [3.63, 3.8) is 0 Å². The molecule has 0 aliphatic heterocycles. The van der Waals surface area contributed by atoms with E-state index in [0.717, 1.165) is 0 Å². The van der Waals surface area contributed by atoms with Gasteiger partial charge in [-0.3, -0.25) is 0 Å². The molecule has 0 heterocycles. The van der Waals surface area contributed by atoms with E-state index in [1.54, 1.807) is 13.0 Å². The van der Waals surface area contributed by atoms with Gasteiger partial charge in [-0.25, -0.2) is 0 Å². The van der Waals surface area contributed by atoms with E-state index in [4.69, 9.17) is 5.11 Å². The quantitative estimate of drug-likeness (QED) is 0.703. The number of hydrogen-bond acceptors (Lipinski definition) is 1. The molecule has 0 bridgehead atoms. The monoisotopic (exact) mass is 228 g/mol. The third kappa shape index (κ3) is 6.23. The van der Waals surface area contributed by atoms with Crippen molar-refractivity contribution in [3.05, 3.63) is 20.9 Å². The van der Waals surface area contributed by atoms with Crippen LogP contribution in [-0.2, 0) is 0 Å². The van der Waals surface area contributed by atoms with E-state index in [-0.39, 0.29) is 27.0 Å². The van der Waals surface area contributed by atoms with Crippen LogP contribution in [-0.4, -0.2) is 32.1 Å². The summed E-state index contributed by atoms with van der Waals surface area (Å²) in [6, 6.07) is 0. The first-order chi connectivity index (χ1) is 3.77. The molecule has 0 fully saturated rings. The number of hydrogen-bond donors (Lipinski definition) is 1. The molecule has 0 aliphatic carbocycles. The van der Waals surface area contributed by atoms with E-state index in [9.17, 15) is 0 Å². The summed E-state index contributed by atoms with van der Waals surface area (Å²) < 4.78 is 3.94. The van der Waals surface area contributed by atoms with Gasteiger partial charge in [0.05, 0.1) is 0 Å². The fraction of sp³-hybridized carbons (Fsp3) is 0.333. The standard InChI is InChI=1S/C6H10OTe/c1-3-8-5-4-6(2)7/h3-7H,1H2,2H3/b5-4-. The summed E-state index contributed by atoms with van der Waals surface area (Å²) in [5.41, 5.74) is 0. The average Bonchev–Trinajstić information content (AvgIpc) is 1.66. The summed E-state index contributed by atoms with van der Waals surface area (Å²) in [6.45, 7) is 5.33. The van der Waals surface area contributed by atoms with E-state index < -0.39 is 0 Å². The molecule has 1 nitrogen and oxygen atoms in total. The molecule has 0 radical (unpaired) electrons. The van der Waals surface area contributed by atoms with Crippen LogP contribution in [0.15, 0.2) is 20.9 Å². The topological polar surface area (TPSA) is 20.2 Å². The second kappa shape index (κ2) is 5.37. The Morgan fingerprint density at radius 3 is 2.75 bits per heavy atom. The number of aliphatic hydroxyl groups is 1. The molecule has 1 N–H and O–H groups in total. The second-order valence-electron chi connectivity index (χ2n) is 1.37. The first kappa shape index (κ1) is 8.23. The van der Waals surface area contributed by atoms with E-state index in [0.29, 0.717) is 0 Å². The van der Waals surface area contributed by atoms with E-state index in [1.165, 1.54) is 0 Å². The SMILES string of the molecule is C=C[Te]/C=C\C(C)O. The predicted molar refractivity (Wildman–Crippen MR) is 36.8 cm³/mol. The van der Waals surface area contributed by atoms with Crippen LogP contribution >= 0.6 is 0 Å². The van der Waals surface area contributed by atoms with Crippen LogP contribution in [0, 0.1) is 0 Å². The molecule has 0 saturated heterocycles. The minimum atomic E-state index is -0.292. The van der Waals surface area contributed by atoms with Gasteiger partial charge in [0, 0.05) is 0 Å². The third-order valence-electron chi connectivity index (χ3n) is 0.532. The molecule has 0 aromatic heterocycles. The summed E-state index contributed by atoms with van der Waals surface area (Å²) in [4.78, 5) is 0. The molecule has 0 aromatic carbocycles. The summed E-state index contributed by atoms with van der Waals surface area (Å²) in [7, 11) is 0. The van der Waals surface area contributed by atoms with E-state index in [1.807, 2.05) is 8.25 Å². The Morgan fingerprint density at radius 1 is 1.75 bits per heavy atom. The van der Waals surface area contributed by atoms with Crippen molar-refractivity contribution in [2.45, 2.75) is 13.0 Å². The molecule has 0 saturated carbocycles. The van der Waals surface area contributed by atoms with Gasteiger partial charge in [-0.1, -0.05) is 0 Å². The van der Waals surface area contributed by atoms with Gasteiger partial charge in [0.15, 0.2) is 0 Å². The van der Waals surface area contributed by atoms with Gasteiger partial charge < -0.3 is 0 Å². The van der Waals surface area contributed by atoms with Gasteiger partial charge in [0.1, 0.15) is 0 Å². The van der Waals surface area contributed by atoms with Gasteiger partial charge in [-0.2, -0.15) is 0 Å². The first-order valence-corrected chi connectivity index (χ1v) is 5.07. The Hall–Kier alpha value is 0.230. The zero-order valence-electron chi connectivity index (χ0n) is 4.87. The fourth-order valence-corrected chi connectivity index (χ4v) is 1.44. The minimum absolute atomic E-state index is 0.131. The Morgan fingerprint density at radius 2 is 2.38 bits per heavy atom. The molecule has 8 heavy (non-hydrogen) atoms. The molecule has 0 rings (SSSR count). The molecule has 0 amide bonds. The summed E-state index contributed by atoms with van der Waals surface area (Å²) >= 11 is -0.131.